The van der Waals surface area contributed by atoms with Gasteiger partial charge in [0, 0.05) is 0 Å². The predicted molar refractivity (Wildman–Crippen MR) is 49.5 cm³/mol. The number of benzene rings is 1. The third-order valence-corrected chi connectivity index (χ3v) is 1.75. The van der Waals surface area contributed by atoms with Crippen LogP contribution in [0.5, 0.6) is 5.75 Å². The van der Waals surface area contributed by atoms with Gasteiger partial charge in [0.15, 0.2) is 0 Å². The van der Waals surface area contributed by atoms with Crippen LogP contribution in [0, 0.1) is 0 Å². The zero-order valence-electron chi connectivity index (χ0n) is 6.65. The lowest BCUT2D eigenvalue weighted by Gasteiger charge is -1.99. The van der Waals surface area contributed by atoms with E-state index < -0.39 is 5.63 Å². The fraction of sp³-hybridized carbons (Fsp3) is 0. The van der Waals surface area contributed by atoms with Crippen LogP contribution in [0.4, 0.5) is 0 Å². The molecule has 2 radical (unpaired) electrons. The van der Waals surface area contributed by atoms with Crippen molar-refractivity contribution in [3.63, 3.8) is 0 Å². The van der Waals surface area contributed by atoms with E-state index in [-0.39, 0.29) is 5.75 Å². The number of rotatable bonds is 0. The summed E-state index contributed by atoms with van der Waals surface area (Å²) >= 11 is 0. The molecule has 2 rings (SSSR count). The van der Waals surface area contributed by atoms with Gasteiger partial charge in [0.25, 0.3) is 0 Å². The summed E-state index contributed by atoms with van der Waals surface area (Å²) in [5.74, 6) is -0.0914. The Morgan fingerprint density at radius 1 is 1.31 bits per heavy atom. The van der Waals surface area contributed by atoms with Gasteiger partial charge in [0.1, 0.15) is 19.2 Å². The third kappa shape index (κ3) is 1.31. The molecule has 0 unspecified atom stereocenters. The van der Waals surface area contributed by atoms with Crippen molar-refractivity contribution in [3.8, 4) is 5.75 Å². The minimum absolute atomic E-state index is 0.0914. The van der Waals surface area contributed by atoms with E-state index in [2.05, 4.69) is 0 Å². The summed E-state index contributed by atoms with van der Waals surface area (Å²) in [5, 5.41) is 9.82. The van der Waals surface area contributed by atoms with Gasteiger partial charge in [0.2, 0.25) is 0 Å². The van der Waals surface area contributed by atoms with Crippen molar-refractivity contribution in [3.05, 3.63) is 34.7 Å². The fourth-order valence-corrected chi connectivity index (χ4v) is 1.16. The van der Waals surface area contributed by atoms with Gasteiger partial charge in [0.05, 0.1) is 11.5 Å². The highest BCUT2D eigenvalue weighted by molar-refractivity contribution is 6.33. The summed E-state index contributed by atoms with van der Waals surface area (Å²) in [6.45, 7) is 0. The molecule has 62 valence electrons. The molecule has 0 aliphatic heterocycles. The first-order valence-electron chi connectivity index (χ1n) is 3.69. The second kappa shape index (κ2) is 2.66. The van der Waals surface area contributed by atoms with Crippen molar-refractivity contribution in [2.75, 3.05) is 0 Å². The summed E-state index contributed by atoms with van der Waals surface area (Å²) in [6, 6.07) is 5.75. The minimum Gasteiger partial charge on any atom is -0.507 e. The monoisotopic (exact) mass is 172 g/mol. The Kier molecular flexibility index (Phi) is 1.62. The lowest BCUT2D eigenvalue weighted by Crippen LogP contribution is -2.02. The van der Waals surface area contributed by atoms with Crippen LogP contribution in [0.25, 0.3) is 11.0 Å². The summed E-state index contributed by atoms with van der Waals surface area (Å²) < 4.78 is 4.83. The molecule has 0 saturated heterocycles. The van der Waals surface area contributed by atoms with Crippen molar-refractivity contribution in [1.29, 1.82) is 0 Å². The average molecular weight is 172 g/mol. The van der Waals surface area contributed by atoms with Gasteiger partial charge >= 0.3 is 5.63 Å². The van der Waals surface area contributed by atoms with Gasteiger partial charge in [-0.3, -0.25) is 0 Å². The summed E-state index contributed by atoms with van der Waals surface area (Å²) in [4.78, 5) is 10.8. The van der Waals surface area contributed by atoms with Crippen molar-refractivity contribution < 1.29 is 9.52 Å². The minimum atomic E-state index is -0.587. The predicted octanol–water partition coefficient (Wildman–Crippen LogP) is 0.292. The van der Waals surface area contributed by atoms with Crippen LogP contribution in [0.3, 0.4) is 0 Å². The molecule has 1 aromatic heterocycles. The maximum Gasteiger partial charge on any atom is 0.339 e. The Hall–Kier alpha value is -1.71. The molecule has 0 saturated carbocycles. The van der Waals surface area contributed by atoms with Crippen LogP contribution >= 0.6 is 0 Å². The van der Waals surface area contributed by atoms with E-state index in [1.54, 1.807) is 12.1 Å². The molecule has 3 nitrogen and oxygen atoms in total. The van der Waals surface area contributed by atoms with E-state index in [0.29, 0.717) is 16.4 Å². The number of hydrogen-bond acceptors (Lipinski definition) is 3. The zero-order chi connectivity index (χ0) is 9.42. The molecule has 0 spiro atoms. The molecule has 1 heterocycles. The van der Waals surface area contributed by atoms with E-state index in [9.17, 15) is 9.90 Å². The molecule has 0 aliphatic rings. The lowest BCUT2D eigenvalue weighted by molar-refractivity contribution is 0.468. The Bertz CT molecular complexity index is 516. The first kappa shape index (κ1) is 7.92. The third-order valence-electron chi connectivity index (χ3n) is 1.75. The molecular formula is C9H5BO3. The SMILES string of the molecule is [B]c1ccc2c(O)cc(=O)oc2c1. The van der Waals surface area contributed by atoms with Gasteiger partial charge < -0.3 is 9.52 Å². The highest BCUT2D eigenvalue weighted by atomic mass is 16.4. The molecule has 4 heteroatoms. The second-order valence-electron chi connectivity index (χ2n) is 2.71. The molecule has 0 atom stereocenters. The fourth-order valence-electron chi connectivity index (χ4n) is 1.16. The standard InChI is InChI=1S/C9H5BO3/c10-5-1-2-6-7(11)4-9(12)13-8(6)3-5/h1-4,11H. The average Bonchev–Trinajstić information content (AvgIpc) is 2.02. The molecule has 13 heavy (non-hydrogen) atoms. The van der Waals surface area contributed by atoms with E-state index in [1.807, 2.05) is 0 Å². The second-order valence-corrected chi connectivity index (χ2v) is 2.71. The highest BCUT2D eigenvalue weighted by Crippen LogP contribution is 2.20. The van der Waals surface area contributed by atoms with Gasteiger partial charge in [-0.1, -0.05) is 11.5 Å². The Balaban J connectivity index is 2.94. The largest absolute Gasteiger partial charge is 0.507 e. The van der Waals surface area contributed by atoms with Crippen LogP contribution in [0.2, 0.25) is 0 Å². The van der Waals surface area contributed by atoms with Gasteiger partial charge in [-0.15, -0.1) is 0 Å². The van der Waals surface area contributed by atoms with Crippen LogP contribution < -0.4 is 11.1 Å². The van der Waals surface area contributed by atoms with Gasteiger partial charge in [-0.25, -0.2) is 4.79 Å². The Morgan fingerprint density at radius 2 is 2.08 bits per heavy atom. The highest BCUT2D eigenvalue weighted by Gasteiger charge is 2.02. The quantitative estimate of drug-likeness (QED) is 0.459. The van der Waals surface area contributed by atoms with Crippen LogP contribution in [-0.4, -0.2) is 13.0 Å². The lowest BCUT2D eigenvalue weighted by atomic mass is 9.95. The van der Waals surface area contributed by atoms with Crippen LogP contribution in [-0.2, 0) is 0 Å². The van der Waals surface area contributed by atoms with Crippen molar-refractivity contribution >= 4 is 24.3 Å². The van der Waals surface area contributed by atoms with E-state index in [0.717, 1.165) is 6.07 Å². The Morgan fingerprint density at radius 3 is 2.85 bits per heavy atom. The summed E-state index contributed by atoms with van der Waals surface area (Å²) in [7, 11) is 5.48. The van der Waals surface area contributed by atoms with Gasteiger partial charge in [-0.05, 0) is 12.1 Å². The van der Waals surface area contributed by atoms with E-state index >= 15 is 0 Å². The van der Waals surface area contributed by atoms with Crippen molar-refractivity contribution in [1.82, 2.24) is 0 Å². The van der Waals surface area contributed by atoms with Crippen molar-refractivity contribution in [2.45, 2.75) is 0 Å². The first-order chi connectivity index (χ1) is 6.16. The topological polar surface area (TPSA) is 50.4 Å². The molecular weight excluding hydrogens is 167 g/mol. The molecule has 2 aromatic rings. The maximum absolute atomic E-state index is 10.8. The van der Waals surface area contributed by atoms with E-state index in [1.165, 1.54) is 6.07 Å². The molecule has 0 fully saturated rings. The van der Waals surface area contributed by atoms with Crippen LogP contribution in [0.15, 0.2) is 33.5 Å². The summed E-state index contributed by atoms with van der Waals surface area (Å²) in [6.07, 6.45) is 0. The smallest absolute Gasteiger partial charge is 0.339 e. The zero-order valence-corrected chi connectivity index (χ0v) is 6.65. The summed E-state index contributed by atoms with van der Waals surface area (Å²) in [5.41, 5.74) is 0.196. The van der Waals surface area contributed by atoms with E-state index in [4.69, 9.17) is 12.3 Å². The number of fused-ring (bicyclic) bond motifs is 1. The Labute approximate surface area is 75.0 Å². The number of hydrogen-bond donors (Lipinski definition) is 1. The normalized spacial score (nSPS) is 10.5. The molecule has 1 aromatic carbocycles. The van der Waals surface area contributed by atoms with Crippen LogP contribution in [0.1, 0.15) is 0 Å². The maximum atomic E-state index is 10.8. The van der Waals surface area contributed by atoms with Gasteiger partial charge in [-0.2, -0.15) is 0 Å². The molecule has 1 N–H and O–H groups in total. The first-order valence-corrected chi connectivity index (χ1v) is 3.69. The molecule has 0 bridgehead atoms. The molecule has 0 aliphatic carbocycles. The molecule has 0 amide bonds. The van der Waals surface area contributed by atoms with Crippen molar-refractivity contribution in [2.24, 2.45) is 0 Å². The number of aromatic hydroxyl groups is 1.